The summed E-state index contributed by atoms with van der Waals surface area (Å²) in [5.74, 6) is 0.780. The fourth-order valence-electron chi connectivity index (χ4n) is 1.78. The predicted molar refractivity (Wildman–Crippen MR) is 81.3 cm³/mol. The van der Waals surface area contributed by atoms with Crippen LogP contribution >= 0.6 is 27.3 Å². The van der Waals surface area contributed by atoms with Gasteiger partial charge in [-0.05, 0) is 34.1 Å². The second kappa shape index (κ2) is 5.59. The third-order valence-corrected chi connectivity index (χ3v) is 4.37. The largest absolute Gasteiger partial charge is 0.444 e. The van der Waals surface area contributed by atoms with Crippen LogP contribution in [0.5, 0.6) is 0 Å². The fourth-order valence-corrected chi connectivity index (χ4v) is 3.17. The Kier molecular flexibility index (Phi) is 3.66. The molecule has 0 atom stereocenters. The Labute approximate surface area is 123 Å². The average molecular weight is 335 g/mol. The molecule has 3 aromatic rings. The SMILES string of the molecule is Brc1csc(CNc2cccc(-c3cnco3)c2)c1. The molecule has 3 rings (SSSR count). The van der Waals surface area contributed by atoms with Gasteiger partial charge in [0.2, 0.25) is 0 Å². The van der Waals surface area contributed by atoms with Gasteiger partial charge in [0.25, 0.3) is 0 Å². The van der Waals surface area contributed by atoms with Crippen molar-refractivity contribution >= 4 is 33.0 Å². The Balaban J connectivity index is 1.73. The molecule has 19 heavy (non-hydrogen) atoms. The van der Waals surface area contributed by atoms with Crippen molar-refractivity contribution in [3.63, 3.8) is 0 Å². The summed E-state index contributed by atoms with van der Waals surface area (Å²) in [6.45, 7) is 0.816. The molecule has 3 nitrogen and oxygen atoms in total. The second-order valence-corrected chi connectivity index (χ2v) is 5.94. The fraction of sp³-hybridized carbons (Fsp3) is 0.0714. The van der Waals surface area contributed by atoms with Crippen molar-refractivity contribution in [2.75, 3.05) is 5.32 Å². The molecule has 0 bridgehead atoms. The molecule has 0 spiro atoms. The number of oxazole rings is 1. The lowest BCUT2D eigenvalue weighted by atomic mass is 10.1. The van der Waals surface area contributed by atoms with E-state index in [1.807, 2.05) is 18.2 Å². The first-order valence-electron chi connectivity index (χ1n) is 5.77. The van der Waals surface area contributed by atoms with E-state index in [4.69, 9.17) is 4.42 Å². The number of hydrogen-bond acceptors (Lipinski definition) is 4. The van der Waals surface area contributed by atoms with Gasteiger partial charge in [0.1, 0.15) is 0 Å². The molecular formula is C14H11BrN2OS. The van der Waals surface area contributed by atoms with E-state index in [2.05, 4.69) is 43.7 Å². The molecule has 0 aliphatic heterocycles. The van der Waals surface area contributed by atoms with Gasteiger partial charge in [0.15, 0.2) is 12.2 Å². The summed E-state index contributed by atoms with van der Waals surface area (Å²) in [6.07, 6.45) is 3.16. The van der Waals surface area contributed by atoms with Gasteiger partial charge < -0.3 is 9.73 Å². The topological polar surface area (TPSA) is 38.1 Å². The number of nitrogens with zero attached hydrogens (tertiary/aromatic N) is 1. The summed E-state index contributed by atoms with van der Waals surface area (Å²) < 4.78 is 6.43. The molecule has 0 saturated heterocycles. The Morgan fingerprint density at radius 1 is 1.32 bits per heavy atom. The van der Waals surface area contributed by atoms with Gasteiger partial charge in [0.05, 0.1) is 6.20 Å². The van der Waals surface area contributed by atoms with Gasteiger partial charge in [0, 0.05) is 32.5 Å². The molecule has 2 aromatic heterocycles. The van der Waals surface area contributed by atoms with Crippen molar-refractivity contribution in [3.05, 3.63) is 57.7 Å². The maximum Gasteiger partial charge on any atom is 0.181 e. The third-order valence-electron chi connectivity index (χ3n) is 2.67. The second-order valence-electron chi connectivity index (χ2n) is 4.03. The Morgan fingerprint density at radius 3 is 3.00 bits per heavy atom. The quantitative estimate of drug-likeness (QED) is 0.746. The van der Waals surface area contributed by atoms with Crippen molar-refractivity contribution < 1.29 is 4.42 Å². The summed E-state index contributed by atoms with van der Waals surface area (Å²) in [5, 5.41) is 5.49. The number of anilines is 1. The summed E-state index contributed by atoms with van der Waals surface area (Å²) in [7, 11) is 0. The van der Waals surface area contributed by atoms with Gasteiger partial charge in [-0.1, -0.05) is 12.1 Å². The van der Waals surface area contributed by atoms with E-state index < -0.39 is 0 Å². The highest BCUT2D eigenvalue weighted by Gasteiger charge is 2.03. The molecule has 0 aliphatic rings. The standard InChI is InChI=1S/C14H11BrN2OS/c15-11-5-13(19-8-11)6-17-12-3-1-2-10(4-12)14-7-16-9-18-14/h1-5,7-9,17H,6H2. The summed E-state index contributed by atoms with van der Waals surface area (Å²) in [6, 6.07) is 10.2. The number of thiophene rings is 1. The van der Waals surface area contributed by atoms with E-state index in [0.717, 1.165) is 28.0 Å². The highest BCUT2D eigenvalue weighted by Crippen LogP contribution is 2.24. The van der Waals surface area contributed by atoms with Crippen LogP contribution in [-0.4, -0.2) is 4.98 Å². The van der Waals surface area contributed by atoms with Crippen molar-refractivity contribution in [2.45, 2.75) is 6.54 Å². The highest BCUT2D eigenvalue weighted by molar-refractivity contribution is 9.10. The lowest BCUT2D eigenvalue weighted by molar-refractivity contribution is 0.572. The summed E-state index contributed by atoms with van der Waals surface area (Å²) in [5.41, 5.74) is 2.09. The van der Waals surface area contributed by atoms with Crippen molar-refractivity contribution in [1.82, 2.24) is 4.98 Å². The molecule has 0 saturated carbocycles. The van der Waals surface area contributed by atoms with Crippen LogP contribution in [0, 0.1) is 0 Å². The molecule has 0 amide bonds. The Morgan fingerprint density at radius 2 is 2.26 bits per heavy atom. The molecule has 0 fully saturated rings. The van der Waals surface area contributed by atoms with E-state index >= 15 is 0 Å². The Hall–Kier alpha value is -1.59. The number of hydrogen-bond donors (Lipinski definition) is 1. The van der Waals surface area contributed by atoms with Crippen LogP contribution in [0.3, 0.4) is 0 Å². The van der Waals surface area contributed by atoms with E-state index in [9.17, 15) is 0 Å². The maximum absolute atomic E-state index is 5.30. The van der Waals surface area contributed by atoms with Crippen LogP contribution in [0.4, 0.5) is 5.69 Å². The van der Waals surface area contributed by atoms with Crippen LogP contribution in [0.25, 0.3) is 11.3 Å². The van der Waals surface area contributed by atoms with Gasteiger partial charge >= 0.3 is 0 Å². The molecular weight excluding hydrogens is 324 g/mol. The smallest absolute Gasteiger partial charge is 0.181 e. The highest BCUT2D eigenvalue weighted by atomic mass is 79.9. The molecule has 96 valence electrons. The van der Waals surface area contributed by atoms with Crippen molar-refractivity contribution in [1.29, 1.82) is 0 Å². The van der Waals surface area contributed by atoms with Crippen LogP contribution < -0.4 is 5.32 Å². The van der Waals surface area contributed by atoms with Crippen LogP contribution in [0.2, 0.25) is 0 Å². The molecule has 0 radical (unpaired) electrons. The third kappa shape index (κ3) is 3.05. The average Bonchev–Trinajstić information content (AvgIpc) is 3.08. The molecule has 2 heterocycles. The van der Waals surface area contributed by atoms with E-state index in [-0.39, 0.29) is 0 Å². The van der Waals surface area contributed by atoms with Crippen LogP contribution in [0.15, 0.2) is 57.2 Å². The first-order valence-corrected chi connectivity index (χ1v) is 7.44. The lowest BCUT2D eigenvalue weighted by Gasteiger charge is -2.06. The van der Waals surface area contributed by atoms with Gasteiger partial charge in [-0.25, -0.2) is 4.98 Å². The van der Waals surface area contributed by atoms with Crippen LogP contribution in [-0.2, 0) is 6.54 Å². The lowest BCUT2D eigenvalue weighted by Crippen LogP contribution is -1.97. The predicted octanol–water partition coefficient (Wildman–Crippen LogP) is 4.78. The zero-order chi connectivity index (χ0) is 13.1. The number of nitrogens with one attached hydrogen (secondary N) is 1. The van der Waals surface area contributed by atoms with Crippen molar-refractivity contribution in [2.24, 2.45) is 0 Å². The number of aromatic nitrogens is 1. The molecule has 0 unspecified atom stereocenters. The molecule has 1 aromatic carbocycles. The normalized spacial score (nSPS) is 10.6. The minimum atomic E-state index is 0.780. The number of rotatable bonds is 4. The van der Waals surface area contributed by atoms with Gasteiger partial charge in [-0.2, -0.15) is 0 Å². The monoisotopic (exact) mass is 334 g/mol. The molecule has 1 N–H and O–H groups in total. The minimum Gasteiger partial charge on any atom is -0.444 e. The summed E-state index contributed by atoms with van der Waals surface area (Å²) >= 11 is 5.19. The first kappa shape index (κ1) is 12.4. The van der Waals surface area contributed by atoms with Crippen molar-refractivity contribution in [3.8, 4) is 11.3 Å². The zero-order valence-electron chi connectivity index (χ0n) is 9.97. The zero-order valence-corrected chi connectivity index (χ0v) is 12.4. The van der Waals surface area contributed by atoms with Crippen LogP contribution in [0.1, 0.15) is 4.88 Å². The number of halogens is 1. The minimum absolute atomic E-state index is 0.780. The molecule has 5 heteroatoms. The first-order chi connectivity index (χ1) is 9.31. The summed E-state index contributed by atoms with van der Waals surface area (Å²) in [4.78, 5) is 5.22. The van der Waals surface area contributed by atoms with Gasteiger partial charge in [-0.15, -0.1) is 11.3 Å². The number of benzene rings is 1. The van der Waals surface area contributed by atoms with E-state index in [0.29, 0.717) is 0 Å². The molecule has 0 aliphatic carbocycles. The van der Waals surface area contributed by atoms with E-state index in [1.165, 1.54) is 11.3 Å². The maximum atomic E-state index is 5.30. The Bertz CT molecular complexity index is 664. The van der Waals surface area contributed by atoms with Gasteiger partial charge in [-0.3, -0.25) is 0 Å². The van der Waals surface area contributed by atoms with E-state index in [1.54, 1.807) is 17.5 Å².